The van der Waals surface area contributed by atoms with Gasteiger partial charge in [-0.05, 0) is 35.4 Å². The van der Waals surface area contributed by atoms with Crippen LogP contribution in [0.5, 0.6) is 0 Å². The standard InChI is InChI=1S/C26H28ClN3O4S/c27-24-8-4-5-9-25(24)30(35(32,33)23-6-2-1-3-7-23)20-26(31)28-18-21-10-12-22(13-11-21)19-29-14-16-34-17-15-29/h1-13H,14-20H2,(H,28,31). The van der Waals surface area contributed by atoms with E-state index in [1.165, 1.54) is 17.7 Å². The first kappa shape index (κ1) is 25.2. The van der Waals surface area contributed by atoms with Crippen LogP contribution in [0.3, 0.4) is 0 Å². The van der Waals surface area contributed by atoms with Gasteiger partial charge in [0.15, 0.2) is 0 Å². The third kappa shape index (κ3) is 6.61. The van der Waals surface area contributed by atoms with Crippen LogP contribution in [-0.4, -0.2) is 52.1 Å². The van der Waals surface area contributed by atoms with Crippen molar-refractivity contribution in [2.45, 2.75) is 18.0 Å². The minimum Gasteiger partial charge on any atom is -0.379 e. The molecule has 184 valence electrons. The Hall–Kier alpha value is -2.91. The smallest absolute Gasteiger partial charge is 0.264 e. The minimum absolute atomic E-state index is 0.0866. The third-order valence-electron chi connectivity index (χ3n) is 5.76. The number of hydrogen-bond acceptors (Lipinski definition) is 5. The molecular weight excluding hydrogens is 486 g/mol. The van der Waals surface area contributed by atoms with Gasteiger partial charge in [-0.3, -0.25) is 14.0 Å². The normalized spacial score (nSPS) is 14.4. The topological polar surface area (TPSA) is 79.0 Å². The van der Waals surface area contributed by atoms with E-state index in [2.05, 4.69) is 10.2 Å². The van der Waals surface area contributed by atoms with Crippen LogP contribution in [0.25, 0.3) is 0 Å². The quantitative estimate of drug-likeness (QED) is 0.472. The van der Waals surface area contributed by atoms with Crippen LogP contribution in [0, 0.1) is 0 Å². The molecule has 0 radical (unpaired) electrons. The summed E-state index contributed by atoms with van der Waals surface area (Å²) < 4.78 is 33.2. The van der Waals surface area contributed by atoms with Gasteiger partial charge >= 0.3 is 0 Å². The molecule has 1 aliphatic heterocycles. The van der Waals surface area contributed by atoms with E-state index in [4.69, 9.17) is 16.3 Å². The molecule has 0 saturated carbocycles. The van der Waals surface area contributed by atoms with Crippen molar-refractivity contribution in [1.82, 2.24) is 10.2 Å². The van der Waals surface area contributed by atoms with E-state index < -0.39 is 22.5 Å². The molecule has 1 aliphatic rings. The van der Waals surface area contributed by atoms with Gasteiger partial charge in [-0.25, -0.2) is 8.42 Å². The van der Waals surface area contributed by atoms with Gasteiger partial charge < -0.3 is 10.1 Å². The van der Waals surface area contributed by atoms with Gasteiger partial charge in [0.1, 0.15) is 6.54 Å². The highest BCUT2D eigenvalue weighted by Crippen LogP contribution is 2.30. The number of nitrogens with zero attached hydrogens (tertiary/aromatic N) is 2. The highest BCUT2D eigenvalue weighted by molar-refractivity contribution is 7.92. The molecule has 1 saturated heterocycles. The number of carbonyl (C=O) groups is 1. The van der Waals surface area contributed by atoms with Gasteiger partial charge in [-0.1, -0.05) is 66.2 Å². The summed E-state index contributed by atoms with van der Waals surface area (Å²) in [6, 6.07) is 22.6. The Morgan fingerprint density at radius 2 is 1.54 bits per heavy atom. The molecule has 3 aromatic rings. The van der Waals surface area contributed by atoms with Crippen LogP contribution in [0.4, 0.5) is 5.69 Å². The van der Waals surface area contributed by atoms with Gasteiger partial charge in [-0.15, -0.1) is 0 Å². The summed E-state index contributed by atoms with van der Waals surface area (Å²) in [5.41, 5.74) is 2.38. The predicted octanol–water partition coefficient (Wildman–Crippen LogP) is 3.68. The average molecular weight is 514 g/mol. The molecule has 1 N–H and O–H groups in total. The molecule has 9 heteroatoms. The summed E-state index contributed by atoms with van der Waals surface area (Å²) in [6.45, 7) is 4.12. The molecule has 3 aromatic carbocycles. The van der Waals surface area contributed by atoms with E-state index >= 15 is 0 Å². The molecular formula is C26H28ClN3O4S. The first-order chi connectivity index (χ1) is 16.9. The van der Waals surface area contributed by atoms with Gasteiger partial charge in [0.2, 0.25) is 5.91 Å². The van der Waals surface area contributed by atoms with E-state index in [0.29, 0.717) is 6.54 Å². The second-order valence-electron chi connectivity index (χ2n) is 8.26. The SMILES string of the molecule is O=C(CN(c1ccccc1Cl)S(=O)(=O)c1ccccc1)NCc1ccc(CN2CCOCC2)cc1. The number of anilines is 1. The molecule has 0 bridgehead atoms. The van der Waals surface area contributed by atoms with Crippen molar-refractivity contribution in [3.63, 3.8) is 0 Å². The van der Waals surface area contributed by atoms with Gasteiger partial charge in [0.05, 0.1) is 28.8 Å². The largest absolute Gasteiger partial charge is 0.379 e. The lowest BCUT2D eigenvalue weighted by atomic mass is 10.1. The molecule has 0 aromatic heterocycles. The van der Waals surface area contributed by atoms with Crippen molar-refractivity contribution in [3.8, 4) is 0 Å². The van der Waals surface area contributed by atoms with Crippen molar-refractivity contribution in [3.05, 3.63) is 95.0 Å². The van der Waals surface area contributed by atoms with E-state index in [9.17, 15) is 13.2 Å². The zero-order valence-corrected chi connectivity index (χ0v) is 20.8. The van der Waals surface area contributed by atoms with Crippen LogP contribution >= 0.6 is 11.6 Å². The van der Waals surface area contributed by atoms with Crippen LogP contribution < -0.4 is 9.62 Å². The second-order valence-corrected chi connectivity index (χ2v) is 10.5. The Labute approximate surface area is 211 Å². The Morgan fingerprint density at radius 3 is 2.23 bits per heavy atom. The van der Waals surface area contributed by atoms with Crippen molar-refractivity contribution < 1.29 is 17.9 Å². The van der Waals surface area contributed by atoms with E-state index in [1.807, 2.05) is 24.3 Å². The number of amides is 1. The molecule has 4 rings (SSSR count). The lowest BCUT2D eigenvalue weighted by molar-refractivity contribution is -0.119. The number of carbonyl (C=O) groups excluding carboxylic acids is 1. The number of ether oxygens (including phenoxy) is 1. The Bertz CT molecular complexity index is 1230. The predicted molar refractivity (Wildman–Crippen MR) is 137 cm³/mol. The monoisotopic (exact) mass is 513 g/mol. The highest BCUT2D eigenvalue weighted by Gasteiger charge is 2.28. The summed E-state index contributed by atoms with van der Waals surface area (Å²) in [5.74, 6) is -0.429. The number of hydrogen-bond donors (Lipinski definition) is 1. The van der Waals surface area contributed by atoms with Gasteiger partial charge in [0.25, 0.3) is 10.0 Å². The fraction of sp³-hybridized carbons (Fsp3) is 0.269. The summed E-state index contributed by atoms with van der Waals surface area (Å²) in [7, 11) is -4.00. The number of rotatable bonds is 9. The fourth-order valence-electron chi connectivity index (χ4n) is 3.84. The Morgan fingerprint density at radius 1 is 0.914 bits per heavy atom. The fourth-order valence-corrected chi connectivity index (χ4v) is 5.59. The minimum atomic E-state index is -4.00. The summed E-state index contributed by atoms with van der Waals surface area (Å²) in [4.78, 5) is 15.3. The first-order valence-corrected chi connectivity index (χ1v) is 13.2. The molecule has 0 aliphatic carbocycles. The van der Waals surface area contributed by atoms with Crippen LogP contribution in [0.15, 0.2) is 83.8 Å². The highest BCUT2D eigenvalue weighted by atomic mass is 35.5. The number of para-hydroxylation sites is 1. The first-order valence-electron chi connectivity index (χ1n) is 11.4. The number of benzene rings is 3. The van der Waals surface area contributed by atoms with Crippen molar-refractivity contribution >= 4 is 33.2 Å². The molecule has 1 fully saturated rings. The molecule has 0 atom stereocenters. The maximum absolute atomic E-state index is 13.4. The molecule has 1 amide bonds. The van der Waals surface area contributed by atoms with Crippen molar-refractivity contribution in [1.29, 1.82) is 0 Å². The third-order valence-corrected chi connectivity index (χ3v) is 7.86. The number of sulfonamides is 1. The molecule has 1 heterocycles. The van der Waals surface area contributed by atoms with Crippen LogP contribution in [-0.2, 0) is 32.6 Å². The maximum atomic E-state index is 13.4. The second kappa shape index (κ2) is 11.7. The van der Waals surface area contributed by atoms with Crippen molar-refractivity contribution in [2.24, 2.45) is 0 Å². The van der Waals surface area contributed by atoms with E-state index in [-0.39, 0.29) is 15.6 Å². The molecule has 0 unspecified atom stereocenters. The Balaban J connectivity index is 1.42. The zero-order valence-electron chi connectivity index (χ0n) is 19.3. The summed E-state index contributed by atoms with van der Waals surface area (Å²) in [6.07, 6.45) is 0. The zero-order chi connectivity index (χ0) is 24.7. The van der Waals surface area contributed by atoms with Crippen LogP contribution in [0.1, 0.15) is 11.1 Å². The van der Waals surface area contributed by atoms with Crippen LogP contribution in [0.2, 0.25) is 5.02 Å². The summed E-state index contributed by atoms with van der Waals surface area (Å²) >= 11 is 6.31. The van der Waals surface area contributed by atoms with E-state index in [1.54, 1.807) is 42.5 Å². The molecule has 35 heavy (non-hydrogen) atoms. The average Bonchev–Trinajstić information content (AvgIpc) is 2.88. The van der Waals surface area contributed by atoms with Gasteiger partial charge in [0, 0.05) is 26.2 Å². The summed E-state index contributed by atoms with van der Waals surface area (Å²) in [5, 5.41) is 3.07. The number of halogens is 1. The Kier molecular flexibility index (Phi) is 8.41. The lowest BCUT2D eigenvalue weighted by Gasteiger charge is -2.26. The lowest BCUT2D eigenvalue weighted by Crippen LogP contribution is -2.40. The molecule has 7 nitrogen and oxygen atoms in total. The van der Waals surface area contributed by atoms with Gasteiger partial charge in [-0.2, -0.15) is 0 Å². The molecule has 0 spiro atoms. The van der Waals surface area contributed by atoms with E-state index in [0.717, 1.165) is 42.7 Å². The number of morpholine rings is 1. The maximum Gasteiger partial charge on any atom is 0.264 e. The number of nitrogens with one attached hydrogen (secondary N) is 1. The van der Waals surface area contributed by atoms with Crippen molar-refractivity contribution in [2.75, 3.05) is 37.2 Å².